The van der Waals surface area contributed by atoms with Crippen molar-refractivity contribution in [2.24, 2.45) is 5.73 Å². The summed E-state index contributed by atoms with van der Waals surface area (Å²) in [5, 5.41) is 1.43. The first-order chi connectivity index (χ1) is 17.0. The number of hydrogen-bond acceptors (Lipinski definition) is 8. The largest absolute Gasteiger partial charge is 0.457 e. The maximum atomic E-state index is 13.6. The van der Waals surface area contributed by atoms with E-state index in [1.165, 1.54) is 28.0 Å². The second kappa shape index (κ2) is 10.1. The lowest BCUT2D eigenvalue weighted by atomic mass is 10.0. The van der Waals surface area contributed by atoms with Crippen LogP contribution in [0.15, 0.2) is 89.4 Å². The van der Waals surface area contributed by atoms with Crippen molar-refractivity contribution in [2.75, 3.05) is 12.4 Å². The Morgan fingerprint density at radius 3 is 2.23 bits per heavy atom. The maximum Gasteiger partial charge on any atom is 0.356 e. The SMILES string of the molecule is NC1C(=O)N2C(C(=O)OC(c3ccccc3)c3ccccc3)=C(COC(=O)c3cccs3)CS[C@H]12. The first-order valence-electron chi connectivity index (χ1n) is 11.0. The van der Waals surface area contributed by atoms with Crippen molar-refractivity contribution in [3.8, 4) is 0 Å². The van der Waals surface area contributed by atoms with Crippen molar-refractivity contribution in [2.45, 2.75) is 17.5 Å². The Kier molecular flexibility index (Phi) is 6.72. The van der Waals surface area contributed by atoms with Gasteiger partial charge < -0.3 is 15.2 Å². The summed E-state index contributed by atoms with van der Waals surface area (Å²) >= 11 is 2.71. The summed E-state index contributed by atoms with van der Waals surface area (Å²) in [7, 11) is 0. The highest BCUT2D eigenvalue weighted by Crippen LogP contribution is 2.41. The topological polar surface area (TPSA) is 98.9 Å². The van der Waals surface area contributed by atoms with Crippen LogP contribution in [0.3, 0.4) is 0 Å². The lowest BCUT2D eigenvalue weighted by Gasteiger charge is -2.48. The van der Waals surface area contributed by atoms with Crippen molar-refractivity contribution in [1.29, 1.82) is 0 Å². The van der Waals surface area contributed by atoms with E-state index >= 15 is 0 Å². The monoisotopic (exact) mass is 506 g/mol. The summed E-state index contributed by atoms with van der Waals surface area (Å²) in [6.45, 7) is -0.124. The zero-order valence-electron chi connectivity index (χ0n) is 18.5. The van der Waals surface area contributed by atoms with Crippen LogP contribution in [0.1, 0.15) is 26.9 Å². The van der Waals surface area contributed by atoms with Crippen LogP contribution in [0.25, 0.3) is 0 Å². The number of rotatable bonds is 7. The molecule has 0 aliphatic carbocycles. The van der Waals surface area contributed by atoms with Crippen LogP contribution in [0.2, 0.25) is 0 Å². The van der Waals surface area contributed by atoms with Crippen molar-refractivity contribution >= 4 is 40.9 Å². The van der Waals surface area contributed by atoms with Gasteiger partial charge in [-0.25, -0.2) is 9.59 Å². The summed E-state index contributed by atoms with van der Waals surface area (Å²) in [5.41, 5.74) is 8.20. The van der Waals surface area contributed by atoms with Crippen LogP contribution in [-0.4, -0.2) is 46.5 Å². The van der Waals surface area contributed by atoms with E-state index in [0.29, 0.717) is 16.2 Å². The number of thioether (sulfide) groups is 1. The number of carbonyl (C=O) groups excluding carboxylic acids is 3. The van der Waals surface area contributed by atoms with Gasteiger partial charge in [0.1, 0.15) is 28.6 Å². The first kappa shape index (κ1) is 23.3. The molecule has 178 valence electrons. The number of fused-ring (bicyclic) bond motifs is 1. The minimum absolute atomic E-state index is 0.108. The lowest BCUT2D eigenvalue weighted by Crippen LogP contribution is -2.68. The zero-order chi connectivity index (χ0) is 24.4. The third-order valence-corrected chi connectivity index (χ3v) is 8.02. The number of amides is 1. The Hall–Kier alpha value is -3.40. The van der Waals surface area contributed by atoms with Crippen LogP contribution in [0.5, 0.6) is 0 Å². The van der Waals surface area contributed by atoms with Crippen molar-refractivity contribution in [3.05, 3.63) is 105 Å². The van der Waals surface area contributed by atoms with Crippen molar-refractivity contribution < 1.29 is 23.9 Å². The van der Waals surface area contributed by atoms with Crippen LogP contribution < -0.4 is 5.73 Å². The number of nitrogens with zero attached hydrogens (tertiary/aromatic N) is 1. The maximum absolute atomic E-state index is 13.6. The average Bonchev–Trinajstić information content (AvgIpc) is 3.45. The Morgan fingerprint density at radius 2 is 1.63 bits per heavy atom. The standard InChI is InChI=1S/C26H22N2O5S2/c27-20-23(29)28-21(18(15-35-24(20)28)14-32-25(30)19-12-7-13-34-19)26(31)33-22(16-8-3-1-4-9-16)17-10-5-2-6-11-17/h1-13,20,22,24H,14-15,27H2/t20?,24-/m1/s1. The quantitative estimate of drug-likeness (QED) is 0.385. The number of benzene rings is 2. The highest BCUT2D eigenvalue weighted by Gasteiger charge is 2.52. The molecule has 1 aromatic heterocycles. The molecule has 1 fully saturated rings. The van der Waals surface area contributed by atoms with E-state index in [2.05, 4.69) is 0 Å². The van der Waals surface area contributed by atoms with E-state index < -0.39 is 24.1 Å². The summed E-state index contributed by atoms with van der Waals surface area (Å²) < 4.78 is 11.5. The van der Waals surface area contributed by atoms with Gasteiger partial charge in [0.2, 0.25) is 5.91 Å². The molecule has 35 heavy (non-hydrogen) atoms. The van der Waals surface area contributed by atoms with Gasteiger partial charge in [-0.3, -0.25) is 9.69 Å². The second-order valence-electron chi connectivity index (χ2n) is 8.05. The molecule has 0 radical (unpaired) electrons. The zero-order valence-corrected chi connectivity index (χ0v) is 20.2. The molecule has 1 amide bonds. The molecular weight excluding hydrogens is 484 g/mol. The number of hydrogen-bond donors (Lipinski definition) is 1. The van der Waals surface area contributed by atoms with E-state index in [4.69, 9.17) is 15.2 Å². The van der Waals surface area contributed by atoms with Crippen molar-refractivity contribution in [1.82, 2.24) is 4.90 Å². The molecule has 2 aromatic carbocycles. The normalized spacial score (nSPS) is 19.3. The molecule has 1 unspecified atom stereocenters. The lowest BCUT2D eigenvalue weighted by molar-refractivity contribution is -0.153. The first-order valence-corrected chi connectivity index (χ1v) is 12.9. The number of carbonyl (C=O) groups is 3. The van der Waals surface area contributed by atoms with Gasteiger partial charge in [-0.15, -0.1) is 23.1 Å². The summed E-state index contributed by atoms with van der Waals surface area (Å²) in [6, 6.07) is 21.6. The smallest absolute Gasteiger partial charge is 0.356 e. The Balaban J connectivity index is 1.45. The van der Waals surface area contributed by atoms with E-state index in [1.807, 2.05) is 60.7 Å². The minimum Gasteiger partial charge on any atom is -0.457 e. The third-order valence-electron chi connectivity index (χ3n) is 5.81. The molecule has 0 spiro atoms. The van der Waals surface area contributed by atoms with Crippen molar-refractivity contribution in [3.63, 3.8) is 0 Å². The molecule has 2 N–H and O–H groups in total. The van der Waals surface area contributed by atoms with E-state index in [0.717, 1.165) is 11.1 Å². The molecule has 1 saturated heterocycles. The molecule has 2 aliphatic heterocycles. The molecule has 3 heterocycles. The fourth-order valence-corrected chi connectivity index (χ4v) is 5.94. The third kappa shape index (κ3) is 4.62. The van der Waals surface area contributed by atoms with Gasteiger partial charge in [-0.2, -0.15) is 0 Å². The Labute approximate surface area is 210 Å². The van der Waals surface area contributed by atoms with E-state index in [9.17, 15) is 14.4 Å². The number of thiophene rings is 1. The van der Waals surface area contributed by atoms with Gasteiger partial charge in [0.05, 0.1) is 0 Å². The molecule has 0 bridgehead atoms. The summed E-state index contributed by atoms with van der Waals surface area (Å²) in [4.78, 5) is 40.5. The van der Waals surface area contributed by atoms with Gasteiger partial charge in [0.25, 0.3) is 0 Å². The second-order valence-corrected chi connectivity index (χ2v) is 10.1. The number of ether oxygens (including phenoxy) is 2. The highest BCUT2D eigenvalue weighted by atomic mass is 32.2. The number of nitrogens with two attached hydrogens (primary N) is 1. The average molecular weight is 507 g/mol. The van der Waals surface area contributed by atoms with Crippen LogP contribution in [-0.2, 0) is 19.1 Å². The van der Waals surface area contributed by atoms with Gasteiger partial charge in [0, 0.05) is 11.3 Å². The van der Waals surface area contributed by atoms with E-state index in [-0.39, 0.29) is 23.6 Å². The molecule has 2 aliphatic rings. The predicted molar refractivity (Wildman–Crippen MR) is 134 cm³/mol. The molecular formula is C26H22N2O5S2. The Morgan fingerprint density at radius 1 is 0.971 bits per heavy atom. The van der Waals surface area contributed by atoms with Gasteiger partial charge in [-0.1, -0.05) is 66.7 Å². The fourth-order valence-electron chi connectivity index (χ4n) is 4.05. The minimum atomic E-state index is -0.683. The van der Waals surface area contributed by atoms with Gasteiger partial charge in [0.15, 0.2) is 6.10 Å². The molecule has 2 atom stereocenters. The highest BCUT2D eigenvalue weighted by molar-refractivity contribution is 8.00. The van der Waals surface area contributed by atoms with E-state index in [1.54, 1.807) is 17.5 Å². The summed E-state index contributed by atoms with van der Waals surface area (Å²) in [5.74, 6) is -1.10. The van der Waals surface area contributed by atoms with Crippen LogP contribution >= 0.6 is 23.1 Å². The van der Waals surface area contributed by atoms with Crippen LogP contribution in [0.4, 0.5) is 0 Å². The fraction of sp³-hybridized carbons (Fsp3) is 0.192. The molecule has 9 heteroatoms. The number of β-lactam (4-membered cyclic amide) rings is 1. The molecule has 7 nitrogen and oxygen atoms in total. The van der Waals surface area contributed by atoms with Gasteiger partial charge >= 0.3 is 11.9 Å². The molecule has 3 aromatic rings. The Bertz CT molecular complexity index is 1220. The number of esters is 2. The van der Waals surface area contributed by atoms with Crippen LogP contribution in [0, 0.1) is 0 Å². The molecule has 0 saturated carbocycles. The predicted octanol–water partition coefficient (Wildman–Crippen LogP) is 3.73. The summed E-state index contributed by atoms with van der Waals surface area (Å²) in [6.07, 6.45) is -0.676. The molecule has 5 rings (SSSR count). The van der Waals surface area contributed by atoms with Gasteiger partial charge in [-0.05, 0) is 22.6 Å².